The molecule has 0 heterocycles. The largest absolute Gasteiger partial charge is 0.388 e. The molecule has 1 aromatic rings. The van der Waals surface area contributed by atoms with Crippen molar-refractivity contribution < 1.29 is 5.11 Å². The third-order valence-electron chi connectivity index (χ3n) is 4.39. The van der Waals surface area contributed by atoms with Crippen LogP contribution in [0.25, 0.3) is 0 Å². The smallest absolute Gasteiger partial charge is 0.0802 e. The van der Waals surface area contributed by atoms with Crippen molar-refractivity contribution in [2.45, 2.75) is 58.1 Å². The van der Waals surface area contributed by atoms with Crippen LogP contribution < -0.4 is 0 Å². The summed E-state index contributed by atoms with van der Waals surface area (Å²) in [5.41, 5.74) is 1.02. The zero-order chi connectivity index (χ0) is 15.2. The van der Waals surface area contributed by atoms with Gasteiger partial charge in [-0.05, 0) is 42.9 Å². The molecule has 0 aromatic heterocycles. The number of benzene rings is 1. The highest BCUT2D eigenvalue weighted by Crippen LogP contribution is 2.26. The van der Waals surface area contributed by atoms with Crippen LogP contribution in [-0.4, -0.2) is 29.1 Å². The Balaban J connectivity index is 1.89. The maximum Gasteiger partial charge on any atom is 0.0802 e. The monoisotopic (exact) mass is 353 g/mol. The van der Waals surface area contributed by atoms with E-state index in [1.807, 2.05) is 24.3 Å². The highest BCUT2D eigenvalue weighted by atomic mass is 79.9. The van der Waals surface area contributed by atoms with Gasteiger partial charge >= 0.3 is 0 Å². The summed E-state index contributed by atoms with van der Waals surface area (Å²) in [6, 6.07) is 8.77. The van der Waals surface area contributed by atoms with Crippen molar-refractivity contribution in [3.8, 4) is 0 Å². The number of aliphatic hydroxyl groups excluding tert-OH is 1. The number of nitrogens with zero attached hydrogens (tertiary/aromatic N) is 1. The van der Waals surface area contributed by atoms with Crippen molar-refractivity contribution >= 4 is 15.9 Å². The van der Waals surface area contributed by atoms with Gasteiger partial charge in [0.15, 0.2) is 0 Å². The Kier molecular flexibility index (Phi) is 6.72. The lowest BCUT2D eigenvalue weighted by molar-refractivity contribution is 0.116. The van der Waals surface area contributed by atoms with Gasteiger partial charge in [0.1, 0.15) is 0 Å². The van der Waals surface area contributed by atoms with Gasteiger partial charge in [-0.1, -0.05) is 54.8 Å². The zero-order valence-corrected chi connectivity index (χ0v) is 14.8. The summed E-state index contributed by atoms with van der Waals surface area (Å²) in [7, 11) is 0. The minimum Gasteiger partial charge on any atom is -0.388 e. The summed E-state index contributed by atoms with van der Waals surface area (Å²) in [6.45, 7) is 6.72. The molecule has 1 aromatic carbocycles. The molecule has 2 nitrogen and oxygen atoms in total. The molecule has 1 fully saturated rings. The molecule has 1 unspecified atom stereocenters. The van der Waals surface area contributed by atoms with Crippen molar-refractivity contribution in [3.05, 3.63) is 34.3 Å². The van der Waals surface area contributed by atoms with E-state index in [0.717, 1.165) is 35.6 Å². The average Bonchev–Trinajstić information content (AvgIpc) is 2.97. The molecule has 0 bridgehead atoms. The topological polar surface area (TPSA) is 23.5 Å². The maximum absolute atomic E-state index is 10.4. The maximum atomic E-state index is 10.4. The molecule has 0 aliphatic heterocycles. The van der Waals surface area contributed by atoms with Crippen LogP contribution in [0.4, 0.5) is 0 Å². The van der Waals surface area contributed by atoms with Gasteiger partial charge in [-0.15, -0.1) is 0 Å². The molecule has 0 saturated heterocycles. The lowest BCUT2D eigenvalue weighted by Crippen LogP contribution is -2.37. The summed E-state index contributed by atoms with van der Waals surface area (Å²) in [4.78, 5) is 2.61. The minimum atomic E-state index is -0.353. The van der Waals surface area contributed by atoms with Crippen LogP contribution in [0.1, 0.15) is 57.6 Å². The van der Waals surface area contributed by atoms with Crippen molar-refractivity contribution in [2.75, 3.05) is 13.1 Å². The van der Waals surface area contributed by atoms with Gasteiger partial charge in [0, 0.05) is 23.6 Å². The Labute approximate surface area is 137 Å². The number of hydrogen-bond donors (Lipinski definition) is 1. The van der Waals surface area contributed by atoms with Gasteiger partial charge in [-0.25, -0.2) is 0 Å². The van der Waals surface area contributed by atoms with E-state index in [2.05, 4.69) is 34.7 Å². The van der Waals surface area contributed by atoms with E-state index in [9.17, 15) is 5.11 Å². The van der Waals surface area contributed by atoms with Crippen LogP contribution in [0.2, 0.25) is 0 Å². The van der Waals surface area contributed by atoms with Gasteiger partial charge in [0.25, 0.3) is 0 Å². The van der Waals surface area contributed by atoms with Crippen LogP contribution in [-0.2, 0) is 0 Å². The van der Waals surface area contributed by atoms with Crippen LogP contribution in [0, 0.1) is 5.92 Å². The van der Waals surface area contributed by atoms with Gasteiger partial charge < -0.3 is 10.0 Å². The van der Waals surface area contributed by atoms with Crippen molar-refractivity contribution in [1.82, 2.24) is 4.90 Å². The molecule has 1 N–H and O–H groups in total. The molecule has 0 amide bonds. The Morgan fingerprint density at radius 2 is 1.81 bits per heavy atom. The van der Waals surface area contributed by atoms with E-state index in [1.165, 1.54) is 25.7 Å². The summed E-state index contributed by atoms with van der Waals surface area (Å²) >= 11 is 3.44. The molecule has 0 spiro atoms. The quantitative estimate of drug-likeness (QED) is 0.762. The van der Waals surface area contributed by atoms with Crippen LogP contribution in [0.15, 0.2) is 28.7 Å². The van der Waals surface area contributed by atoms with Crippen molar-refractivity contribution in [2.24, 2.45) is 5.92 Å². The van der Waals surface area contributed by atoms with E-state index >= 15 is 0 Å². The summed E-state index contributed by atoms with van der Waals surface area (Å²) in [6.07, 6.45) is 5.88. The summed E-state index contributed by atoms with van der Waals surface area (Å²) in [5.74, 6) is 0.690. The fourth-order valence-electron chi connectivity index (χ4n) is 3.30. The first kappa shape index (κ1) is 17.0. The van der Waals surface area contributed by atoms with Gasteiger partial charge in [-0.2, -0.15) is 0 Å². The molecule has 118 valence electrons. The Bertz CT molecular complexity index is 412. The standard InChI is InChI=1S/C18H28BrNO/c1-14(2)13-20(17-5-3-4-6-17)12-11-18(21)15-7-9-16(19)10-8-15/h7-10,14,17-18,21H,3-6,11-13H2,1-2H3. The van der Waals surface area contributed by atoms with Crippen molar-refractivity contribution in [1.29, 1.82) is 0 Å². The normalized spacial score (nSPS) is 17.8. The van der Waals surface area contributed by atoms with Crippen LogP contribution in [0.5, 0.6) is 0 Å². The highest BCUT2D eigenvalue weighted by Gasteiger charge is 2.23. The Hall–Kier alpha value is -0.380. The van der Waals surface area contributed by atoms with Gasteiger partial charge in [0.05, 0.1) is 6.10 Å². The molecular formula is C18H28BrNO. The Morgan fingerprint density at radius 1 is 1.19 bits per heavy atom. The fraction of sp³-hybridized carbons (Fsp3) is 0.667. The molecule has 1 atom stereocenters. The number of aliphatic hydroxyl groups is 1. The molecule has 1 aliphatic carbocycles. The lowest BCUT2D eigenvalue weighted by atomic mass is 10.0. The van der Waals surface area contributed by atoms with E-state index in [0.29, 0.717) is 5.92 Å². The molecule has 1 aliphatic rings. The first-order chi connectivity index (χ1) is 10.1. The molecule has 1 saturated carbocycles. The Morgan fingerprint density at radius 3 is 2.38 bits per heavy atom. The molecule has 21 heavy (non-hydrogen) atoms. The summed E-state index contributed by atoms with van der Waals surface area (Å²) in [5, 5.41) is 10.4. The van der Waals surface area contributed by atoms with E-state index < -0.39 is 0 Å². The molecule has 0 radical (unpaired) electrons. The second-order valence-corrected chi connectivity index (χ2v) is 7.60. The first-order valence-corrected chi connectivity index (χ1v) is 9.03. The summed E-state index contributed by atoms with van der Waals surface area (Å²) < 4.78 is 1.06. The second-order valence-electron chi connectivity index (χ2n) is 6.68. The van der Waals surface area contributed by atoms with Crippen molar-refractivity contribution in [3.63, 3.8) is 0 Å². The SMILES string of the molecule is CC(C)CN(CCC(O)c1ccc(Br)cc1)C1CCCC1. The third kappa shape index (κ3) is 5.39. The lowest BCUT2D eigenvalue weighted by Gasteiger charge is -2.31. The van der Waals surface area contributed by atoms with E-state index in [4.69, 9.17) is 0 Å². The second kappa shape index (κ2) is 8.30. The van der Waals surface area contributed by atoms with Gasteiger partial charge in [-0.3, -0.25) is 0 Å². The molecule has 3 heteroatoms. The van der Waals surface area contributed by atoms with Gasteiger partial charge in [0.2, 0.25) is 0 Å². The van der Waals surface area contributed by atoms with Crippen LogP contribution in [0.3, 0.4) is 0 Å². The highest BCUT2D eigenvalue weighted by molar-refractivity contribution is 9.10. The number of hydrogen-bond acceptors (Lipinski definition) is 2. The average molecular weight is 354 g/mol. The zero-order valence-electron chi connectivity index (χ0n) is 13.3. The first-order valence-electron chi connectivity index (χ1n) is 8.24. The molecular weight excluding hydrogens is 326 g/mol. The predicted molar refractivity (Wildman–Crippen MR) is 92.4 cm³/mol. The van der Waals surface area contributed by atoms with Crippen LogP contribution >= 0.6 is 15.9 Å². The molecule has 2 rings (SSSR count). The third-order valence-corrected chi connectivity index (χ3v) is 4.91. The predicted octanol–water partition coefficient (Wildman–Crippen LogP) is 4.77. The number of rotatable bonds is 7. The number of halogens is 1. The van der Waals surface area contributed by atoms with E-state index in [1.54, 1.807) is 0 Å². The van der Waals surface area contributed by atoms with E-state index in [-0.39, 0.29) is 6.10 Å². The fourth-order valence-corrected chi connectivity index (χ4v) is 3.57. The minimum absolute atomic E-state index is 0.353.